The lowest BCUT2D eigenvalue weighted by atomic mass is 10.0. The zero-order valence-electron chi connectivity index (χ0n) is 7.36. The van der Waals surface area contributed by atoms with Gasteiger partial charge in [-0.3, -0.25) is 0 Å². The van der Waals surface area contributed by atoms with Gasteiger partial charge >= 0.3 is 0 Å². The smallest absolute Gasteiger partial charge is 0.123 e. The summed E-state index contributed by atoms with van der Waals surface area (Å²) in [6.45, 7) is 3.54. The van der Waals surface area contributed by atoms with Gasteiger partial charge < -0.3 is 4.79 Å². The SMILES string of the molecule is CCS(=O)N1CCC(C=O)CC1. The molecule has 0 aromatic heterocycles. The second-order valence-corrected chi connectivity index (χ2v) is 4.75. The maximum absolute atomic E-state index is 11.3. The fourth-order valence-corrected chi connectivity index (χ4v) is 2.38. The Morgan fingerprint density at radius 1 is 1.50 bits per heavy atom. The van der Waals surface area contributed by atoms with E-state index < -0.39 is 11.0 Å². The average Bonchev–Trinajstić information content (AvgIpc) is 2.17. The third-order valence-electron chi connectivity index (χ3n) is 2.23. The fourth-order valence-electron chi connectivity index (χ4n) is 1.40. The summed E-state index contributed by atoms with van der Waals surface area (Å²) in [5.41, 5.74) is 0. The van der Waals surface area contributed by atoms with E-state index in [4.69, 9.17) is 0 Å². The van der Waals surface area contributed by atoms with Gasteiger partial charge in [0, 0.05) is 24.8 Å². The van der Waals surface area contributed by atoms with E-state index in [9.17, 15) is 9.00 Å². The van der Waals surface area contributed by atoms with E-state index in [0.29, 0.717) is 5.75 Å². The number of hydrogen-bond donors (Lipinski definition) is 0. The van der Waals surface area contributed by atoms with Gasteiger partial charge in [0.2, 0.25) is 0 Å². The van der Waals surface area contributed by atoms with E-state index in [0.717, 1.165) is 32.2 Å². The molecule has 0 aliphatic carbocycles. The standard InChI is InChI=1S/C8H15NO2S/c1-2-12(11)9-5-3-8(7-10)4-6-9/h7-8H,2-6H2,1H3. The van der Waals surface area contributed by atoms with Crippen LogP contribution in [0.4, 0.5) is 0 Å². The van der Waals surface area contributed by atoms with Crippen LogP contribution in [0.1, 0.15) is 19.8 Å². The molecular formula is C8H15NO2S. The minimum Gasteiger partial charge on any atom is -0.303 e. The van der Waals surface area contributed by atoms with Crippen LogP contribution in [0.25, 0.3) is 0 Å². The van der Waals surface area contributed by atoms with Crippen molar-refractivity contribution in [1.82, 2.24) is 4.31 Å². The fraction of sp³-hybridized carbons (Fsp3) is 0.875. The topological polar surface area (TPSA) is 37.4 Å². The number of carbonyl (C=O) groups is 1. The molecule has 70 valence electrons. The highest BCUT2D eigenvalue weighted by Gasteiger charge is 2.21. The van der Waals surface area contributed by atoms with Crippen LogP contribution in [0, 0.1) is 5.92 Å². The minimum atomic E-state index is -0.813. The maximum atomic E-state index is 11.3. The van der Waals surface area contributed by atoms with E-state index in [1.54, 1.807) is 0 Å². The monoisotopic (exact) mass is 189 g/mol. The van der Waals surface area contributed by atoms with Crippen molar-refractivity contribution in [3.63, 3.8) is 0 Å². The van der Waals surface area contributed by atoms with Gasteiger partial charge in [0.25, 0.3) is 0 Å². The first-order chi connectivity index (χ1) is 5.77. The molecule has 1 atom stereocenters. The first kappa shape index (κ1) is 9.86. The van der Waals surface area contributed by atoms with Crippen molar-refractivity contribution in [2.45, 2.75) is 19.8 Å². The highest BCUT2D eigenvalue weighted by Crippen LogP contribution is 2.15. The molecule has 1 unspecified atom stereocenters. The Hall–Kier alpha value is -0.220. The third-order valence-corrected chi connectivity index (χ3v) is 3.66. The second-order valence-electron chi connectivity index (χ2n) is 3.01. The van der Waals surface area contributed by atoms with Gasteiger partial charge in [-0.05, 0) is 12.8 Å². The van der Waals surface area contributed by atoms with Gasteiger partial charge in [0.15, 0.2) is 0 Å². The molecule has 0 aromatic rings. The molecule has 12 heavy (non-hydrogen) atoms. The second kappa shape index (κ2) is 4.72. The lowest BCUT2D eigenvalue weighted by Gasteiger charge is -2.27. The molecule has 0 saturated carbocycles. The highest BCUT2D eigenvalue weighted by molar-refractivity contribution is 7.82. The maximum Gasteiger partial charge on any atom is 0.123 e. The molecule has 0 amide bonds. The number of carbonyl (C=O) groups excluding carboxylic acids is 1. The van der Waals surface area contributed by atoms with Gasteiger partial charge in [-0.1, -0.05) is 6.92 Å². The summed E-state index contributed by atoms with van der Waals surface area (Å²) in [4.78, 5) is 10.4. The summed E-state index contributed by atoms with van der Waals surface area (Å²) in [6, 6.07) is 0. The molecule has 3 nitrogen and oxygen atoms in total. The van der Waals surface area contributed by atoms with E-state index in [1.165, 1.54) is 0 Å². The van der Waals surface area contributed by atoms with E-state index in [2.05, 4.69) is 0 Å². The van der Waals surface area contributed by atoms with Gasteiger partial charge in [-0.15, -0.1) is 0 Å². The van der Waals surface area contributed by atoms with Gasteiger partial charge in [-0.25, -0.2) is 8.51 Å². The molecule has 1 heterocycles. The molecule has 0 bridgehead atoms. The molecule has 1 saturated heterocycles. The van der Waals surface area contributed by atoms with Crippen molar-refractivity contribution in [2.75, 3.05) is 18.8 Å². The number of rotatable bonds is 3. The summed E-state index contributed by atoms with van der Waals surface area (Å²) >= 11 is 0. The Morgan fingerprint density at radius 2 is 2.08 bits per heavy atom. The molecule has 0 radical (unpaired) electrons. The Morgan fingerprint density at radius 3 is 2.50 bits per heavy atom. The Kier molecular flexibility index (Phi) is 3.88. The minimum absolute atomic E-state index is 0.204. The van der Waals surface area contributed by atoms with Crippen LogP contribution >= 0.6 is 0 Å². The van der Waals surface area contributed by atoms with Gasteiger partial charge in [0.05, 0.1) is 11.0 Å². The molecular weight excluding hydrogens is 174 g/mol. The van der Waals surface area contributed by atoms with Crippen LogP contribution in [-0.2, 0) is 15.8 Å². The Labute approximate surface area is 75.7 Å². The quantitative estimate of drug-likeness (QED) is 0.609. The van der Waals surface area contributed by atoms with E-state index in [1.807, 2.05) is 11.2 Å². The van der Waals surface area contributed by atoms with Crippen LogP contribution in [0.5, 0.6) is 0 Å². The molecule has 1 aliphatic rings. The molecule has 4 heteroatoms. The number of nitrogens with zero attached hydrogens (tertiary/aromatic N) is 1. The van der Waals surface area contributed by atoms with Crippen molar-refractivity contribution in [1.29, 1.82) is 0 Å². The lowest BCUT2D eigenvalue weighted by Crippen LogP contribution is -2.36. The molecule has 0 N–H and O–H groups in total. The average molecular weight is 189 g/mol. The van der Waals surface area contributed by atoms with Crippen molar-refractivity contribution in [3.05, 3.63) is 0 Å². The van der Waals surface area contributed by atoms with Crippen LogP contribution in [0.15, 0.2) is 0 Å². The molecule has 1 rings (SSSR count). The van der Waals surface area contributed by atoms with Gasteiger partial charge in [-0.2, -0.15) is 0 Å². The number of piperidine rings is 1. The Balaban J connectivity index is 2.35. The van der Waals surface area contributed by atoms with Crippen LogP contribution in [-0.4, -0.2) is 33.6 Å². The van der Waals surface area contributed by atoms with Crippen LogP contribution in [0.2, 0.25) is 0 Å². The number of aldehydes is 1. The normalized spacial score (nSPS) is 23.8. The van der Waals surface area contributed by atoms with E-state index in [-0.39, 0.29) is 5.92 Å². The molecule has 1 aliphatic heterocycles. The predicted octanol–water partition coefficient (Wildman–Crippen LogP) is 0.581. The van der Waals surface area contributed by atoms with Crippen LogP contribution < -0.4 is 0 Å². The van der Waals surface area contributed by atoms with Crippen molar-refractivity contribution in [3.8, 4) is 0 Å². The largest absolute Gasteiger partial charge is 0.303 e. The van der Waals surface area contributed by atoms with Crippen molar-refractivity contribution in [2.24, 2.45) is 5.92 Å². The first-order valence-electron chi connectivity index (χ1n) is 4.36. The molecule has 1 fully saturated rings. The number of hydrogen-bond acceptors (Lipinski definition) is 2. The summed E-state index contributed by atoms with van der Waals surface area (Å²) in [5.74, 6) is 0.890. The van der Waals surface area contributed by atoms with Crippen LogP contribution in [0.3, 0.4) is 0 Å². The van der Waals surface area contributed by atoms with Gasteiger partial charge in [0.1, 0.15) is 6.29 Å². The highest BCUT2D eigenvalue weighted by atomic mass is 32.2. The summed E-state index contributed by atoms with van der Waals surface area (Å²) in [6.07, 6.45) is 2.76. The van der Waals surface area contributed by atoms with Crippen molar-refractivity contribution >= 4 is 17.3 Å². The molecule has 0 aromatic carbocycles. The summed E-state index contributed by atoms with van der Waals surface area (Å²) < 4.78 is 13.3. The Bertz CT molecular complexity index is 176. The zero-order valence-corrected chi connectivity index (χ0v) is 8.18. The zero-order chi connectivity index (χ0) is 8.97. The molecule has 0 spiro atoms. The third kappa shape index (κ3) is 2.38. The first-order valence-corrected chi connectivity index (χ1v) is 5.64. The lowest BCUT2D eigenvalue weighted by molar-refractivity contribution is -0.112. The van der Waals surface area contributed by atoms with Crippen molar-refractivity contribution < 1.29 is 9.00 Å². The summed E-state index contributed by atoms with van der Waals surface area (Å²) in [7, 11) is -0.813. The summed E-state index contributed by atoms with van der Waals surface area (Å²) in [5, 5.41) is 0. The predicted molar refractivity (Wildman–Crippen MR) is 49.0 cm³/mol. The van der Waals surface area contributed by atoms with E-state index >= 15 is 0 Å².